The molecule has 1 unspecified atom stereocenters. The molecule has 64 valence electrons. The number of hydrogen-bond acceptors (Lipinski definition) is 2. The third-order valence-corrected chi connectivity index (χ3v) is 2.05. The molecule has 0 spiro atoms. The second-order valence-corrected chi connectivity index (χ2v) is 4.25. The summed E-state index contributed by atoms with van der Waals surface area (Å²) in [6, 6.07) is 0. The summed E-state index contributed by atoms with van der Waals surface area (Å²) in [4.78, 5) is 10.8. The normalized spacial score (nSPS) is 31.1. The highest BCUT2D eigenvalue weighted by Crippen LogP contribution is 2.34. The molecule has 11 heavy (non-hydrogen) atoms. The van der Waals surface area contributed by atoms with Crippen LogP contribution in [0.15, 0.2) is 0 Å². The molecule has 0 aromatic carbocycles. The summed E-state index contributed by atoms with van der Waals surface area (Å²) >= 11 is 0. The average Bonchev–Trinajstić information content (AvgIpc) is 2.08. The fourth-order valence-electron chi connectivity index (χ4n) is 1.82. The van der Waals surface area contributed by atoms with E-state index in [1.165, 1.54) is 0 Å². The first-order chi connectivity index (χ1) is 5.02. The van der Waals surface area contributed by atoms with E-state index in [0.29, 0.717) is 18.9 Å². The molecule has 0 radical (unpaired) electrons. The van der Waals surface area contributed by atoms with Gasteiger partial charge in [0.1, 0.15) is 0 Å². The molecule has 0 aromatic heterocycles. The van der Waals surface area contributed by atoms with Crippen LogP contribution in [0.4, 0.5) is 0 Å². The molecule has 1 aliphatic heterocycles. The van der Waals surface area contributed by atoms with Gasteiger partial charge in [0.05, 0.1) is 13.0 Å². The summed E-state index contributed by atoms with van der Waals surface area (Å²) in [6.45, 7) is 7.09. The quantitative estimate of drug-likeness (QED) is 0.571. The van der Waals surface area contributed by atoms with E-state index in [0.717, 1.165) is 6.42 Å². The van der Waals surface area contributed by atoms with Crippen LogP contribution < -0.4 is 0 Å². The van der Waals surface area contributed by atoms with Gasteiger partial charge in [-0.3, -0.25) is 4.79 Å². The predicted octanol–water partition coefficient (Wildman–Crippen LogP) is 1.99. The summed E-state index contributed by atoms with van der Waals surface area (Å²) in [7, 11) is 0. The second kappa shape index (κ2) is 2.84. The zero-order valence-electron chi connectivity index (χ0n) is 7.52. The van der Waals surface area contributed by atoms with Gasteiger partial charge in [0, 0.05) is 5.41 Å². The van der Waals surface area contributed by atoms with Crippen molar-refractivity contribution in [2.24, 2.45) is 11.3 Å². The van der Waals surface area contributed by atoms with Crippen molar-refractivity contribution in [2.45, 2.75) is 33.6 Å². The van der Waals surface area contributed by atoms with E-state index in [1.54, 1.807) is 0 Å². The molecule has 1 aliphatic rings. The van der Waals surface area contributed by atoms with Gasteiger partial charge in [-0.25, -0.2) is 0 Å². The third-order valence-electron chi connectivity index (χ3n) is 2.05. The Morgan fingerprint density at radius 1 is 1.64 bits per heavy atom. The summed E-state index contributed by atoms with van der Waals surface area (Å²) in [5.41, 5.74) is 0.116. The van der Waals surface area contributed by atoms with E-state index in [-0.39, 0.29) is 11.4 Å². The Morgan fingerprint density at radius 2 is 2.27 bits per heavy atom. The molecular weight excluding hydrogens is 140 g/mol. The van der Waals surface area contributed by atoms with Crippen molar-refractivity contribution < 1.29 is 9.53 Å². The molecule has 0 aliphatic carbocycles. The van der Waals surface area contributed by atoms with E-state index in [4.69, 9.17) is 4.74 Å². The molecule has 1 heterocycles. The molecule has 1 saturated heterocycles. The van der Waals surface area contributed by atoms with Gasteiger partial charge in [0.2, 0.25) is 0 Å². The molecule has 0 bridgehead atoms. The zero-order chi connectivity index (χ0) is 8.48. The first-order valence-corrected chi connectivity index (χ1v) is 4.17. The van der Waals surface area contributed by atoms with Crippen LogP contribution >= 0.6 is 0 Å². The molecule has 1 rings (SSSR count). The lowest BCUT2D eigenvalue weighted by Crippen LogP contribution is -2.18. The van der Waals surface area contributed by atoms with Gasteiger partial charge in [0.25, 0.3) is 0 Å². The second-order valence-electron chi connectivity index (χ2n) is 4.25. The summed E-state index contributed by atoms with van der Waals surface area (Å²) in [6.07, 6.45) is 1.68. The van der Waals surface area contributed by atoms with Gasteiger partial charge in [-0.05, 0) is 12.3 Å². The molecule has 2 nitrogen and oxygen atoms in total. The van der Waals surface area contributed by atoms with Crippen LogP contribution in [0.2, 0.25) is 0 Å². The number of carbonyl (C=O) groups excluding carboxylic acids is 1. The van der Waals surface area contributed by atoms with Crippen LogP contribution in [0.5, 0.6) is 0 Å². The lowest BCUT2D eigenvalue weighted by Gasteiger charge is -2.21. The van der Waals surface area contributed by atoms with Gasteiger partial charge < -0.3 is 4.74 Å². The average molecular weight is 156 g/mol. The van der Waals surface area contributed by atoms with Crippen LogP contribution in [-0.4, -0.2) is 12.6 Å². The van der Waals surface area contributed by atoms with Crippen molar-refractivity contribution in [3.63, 3.8) is 0 Å². The Labute approximate surface area is 67.9 Å². The van der Waals surface area contributed by atoms with Gasteiger partial charge in [-0.15, -0.1) is 0 Å². The first-order valence-electron chi connectivity index (χ1n) is 4.17. The van der Waals surface area contributed by atoms with Crippen LogP contribution in [-0.2, 0) is 9.53 Å². The summed E-state index contributed by atoms with van der Waals surface area (Å²) in [5, 5.41) is 0. The Kier molecular flexibility index (Phi) is 2.21. The largest absolute Gasteiger partial charge is 0.465 e. The summed E-state index contributed by atoms with van der Waals surface area (Å²) < 4.78 is 4.93. The van der Waals surface area contributed by atoms with Gasteiger partial charge in [-0.2, -0.15) is 0 Å². The van der Waals surface area contributed by atoms with Gasteiger partial charge in [0.15, 0.2) is 0 Å². The Morgan fingerprint density at radius 3 is 2.64 bits per heavy atom. The van der Waals surface area contributed by atoms with Crippen molar-refractivity contribution in [3.8, 4) is 0 Å². The number of rotatable bonds is 2. The van der Waals surface area contributed by atoms with Crippen molar-refractivity contribution in [2.75, 3.05) is 6.61 Å². The van der Waals surface area contributed by atoms with Gasteiger partial charge >= 0.3 is 5.97 Å². The van der Waals surface area contributed by atoms with E-state index >= 15 is 0 Å². The maximum Gasteiger partial charge on any atom is 0.306 e. The standard InChI is InChI=1S/C9H16O2/c1-7(2)4-9(3)5-8(10)11-6-9/h7H,4-6H2,1-3H3. The molecular formula is C9H16O2. The highest BCUT2D eigenvalue weighted by atomic mass is 16.5. The van der Waals surface area contributed by atoms with E-state index in [9.17, 15) is 4.79 Å². The zero-order valence-corrected chi connectivity index (χ0v) is 7.52. The van der Waals surface area contributed by atoms with Gasteiger partial charge in [-0.1, -0.05) is 20.8 Å². The van der Waals surface area contributed by atoms with Crippen molar-refractivity contribution >= 4 is 5.97 Å². The minimum absolute atomic E-state index is 0.0341. The minimum atomic E-state index is -0.0341. The molecule has 0 N–H and O–H groups in total. The minimum Gasteiger partial charge on any atom is -0.465 e. The Hall–Kier alpha value is -0.530. The topological polar surface area (TPSA) is 26.3 Å². The first kappa shape index (κ1) is 8.57. The lowest BCUT2D eigenvalue weighted by molar-refractivity contribution is -0.137. The molecule has 1 atom stereocenters. The number of carbonyl (C=O) groups is 1. The number of cyclic esters (lactones) is 1. The SMILES string of the molecule is CC(C)CC1(C)COC(=O)C1. The maximum atomic E-state index is 10.8. The molecule has 0 aromatic rings. The Balaban J connectivity index is 2.48. The van der Waals surface area contributed by atoms with Crippen molar-refractivity contribution in [1.82, 2.24) is 0 Å². The lowest BCUT2D eigenvalue weighted by atomic mass is 9.81. The fraction of sp³-hybridized carbons (Fsp3) is 0.889. The molecule has 0 amide bonds. The van der Waals surface area contributed by atoms with Crippen molar-refractivity contribution in [3.05, 3.63) is 0 Å². The third kappa shape index (κ3) is 2.21. The Bertz CT molecular complexity index is 163. The van der Waals surface area contributed by atoms with Crippen LogP contribution in [0.3, 0.4) is 0 Å². The van der Waals surface area contributed by atoms with Crippen LogP contribution in [0.1, 0.15) is 33.6 Å². The van der Waals surface area contributed by atoms with E-state index in [2.05, 4.69) is 20.8 Å². The smallest absolute Gasteiger partial charge is 0.306 e. The molecule has 1 fully saturated rings. The van der Waals surface area contributed by atoms with E-state index < -0.39 is 0 Å². The molecule has 2 heteroatoms. The maximum absolute atomic E-state index is 10.8. The van der Waals surface area contributed by atoms with Crippen LogP contribution in [0.25, 0.3) is 0 Å². The highest BCUT2D eigenvalue weighted by molar-refractivity contribution is 5.72. The highest BCUT2D eigenvalue weighted by Gasteiger charge is 2.36. The monoisotopic (exact) mass is 156 g/mol. The van der Waals surface area contributed by atoms with Crippen molar-refractivity contribution in [1.29, 1.82) is 0 Å². The number of ether oxygens (including phenoxy) is 1. The van der Waals surface area contributed by atoms with E-state index in [1.807, 2.05) is 0 Å². The van der Waals surface area contributed by atoms with Crippen LogP contribution in [0, 0.1) is 11.3 Å². The fourth-order valence-corrected chi connectivity index (χ4v) is 1.82. The summed E-state index contributed by atoms with van der Waals surface area (Å²) in [5.74, 6) is 0.614. The number of hydrogen-bond donors (Lipinski definition) is 0. The predicted molar refractivity (Wildman–Crippen MR) is 43.1 cm³/mol. The molecule has 0 saturated carbocycles. The number of esters is 1.